The second-order valence-corrected chi connectivity index (χ2v) is 6.22. The molecule has 2 heterocycles. The Bertz CT molecular complexity index is 422. The second-order valence-electron chi connectivity index (χ2n) is 6.22. The summed E-state index contributed by atoms with van der Waals surface area (Å²) < 4.78 is 26.3. The maximum absolute atomic E-state index is 10.3. The molecular formula is C15H28O11. The van der Waals surface area contributed by atoms with Crippen LogP contribution in [0.2, 0.25) is 0 Å². The normalized spacial score (nSPS) is 47.1. The van der Waals surface area contributed by atoms with E-state index >= 15 is 0 Å². The van der Waals surface area contributed by atoms with E-state index in [9.17, 15) is 30.6 Å². The quantitative estimate of drug-likeness (QED) is 0.256. The summed E-state index contributed by atoms with van der Waals surface area (Å²) in [6.45, 7) is 1.47. The van der Waals surface area contributed by atoms with Gasteiger partial charge in [-0.15, -0.1) is 0 Å². The zero-order valence-electron chi connectivity index (χ0n) is 14.6. The number of methoxy groups -OCH3 is 1. The van der Waals surface area contributed by atoms with E-state index in [1.807, 2.05) is 0 Å². The molecule has 154 valence electrons. The van der Waals surface area contributed by atoms with Crippen LogP contribution in [0.4, 0.5) is 0 Å². The highest BCUT2D eigenvalue weighted by atomic mass is 16.7. The van der Waals surface area contributed by atoms with E-state index in [1.54, 1.807) is 6.92 Å². The molecule has 0 aliphatic carbocycles. The molecule has 0 bridgehead atoms. The van der Waals surface area contributed by atoms with Gasteiger partial charge in [-0.2, -0.15) is 0 Å². The maximum atomic E-state index is 10.3. The van der Waals surface area contributed by atoms with Gasteiger partial charge in [0.05, 0.1) is 13.2 Å². The molecule has 2 aliphatic rings. The standard InChI is InChI=1S/C15H28O11/c1-3-23-5-7-8(17)9(18)11(20)15(25-7)26-13-6(4-16)24-14(22-2)12(21)10(13)19/h6-21H,3-5H2,1-2H3. The Morgan fingerprint density at radius 1 is 0.808 bits per heavy atom. The summed E-state index contributed by atoms with van der Waals surface area (Å²) in [5.41, 5.74) is 0. The predicted molar refractivity (Wildman–Crippen MR) is 82.8 cm³/mol. The highest BCUT2D eigenvalue weighted by Gasteiger charge is 2.50. The molecule has 0 aromatic heterocycles. The van der Waals surface area contributed by atoms with Crippen molar-refractivity contribution in [2.24, 2.45) is 0 Å². The molecule has 0 aromatic rings. The average Bonchev–Trinajstić information content (AvgIpc) is 2.64. The summed E-state index contributed by atoms with van der Waals surface area (Å²) in [4.78, 5) is 0. The number of aliphatic hydroxyl groups is 6. The van der Waals surface area contributed by atoms with Crippen LogP contribution in [-0.2, 0) is 23.7 Å². The first kappa shape index (κ1) is 21.9. The third kappa shape index (κ3) is 4.51. The lowest BCUT2D eigenvalue weighted by molar-refractivity contribution is -0.357. The lowest BCUT2D eigenvalue weighted by Crippen LogP contribution is -2.64. The van der Waals surface area contributed by atoms with Gasteiger partial charge in [0.2, 0.25) is 0 Å². The second kappa shape index (κ2) is 9.66. The number of aliphatic hydroxyl groups excluding tert-OH is 6. The molecule has 11 nitrogen and oxygen atoms in total. The van der Waals surface area contributed by atoms with Crippen molar-refractivity contribution in [1.29, 1.82) is 0 Å². The Hall–Kier alpha value is -0.440. The highest BCUT2D eigenvalue weighted by Crippen LogP contribution is 2.29. The van der Waals surface area contributed by atoms with E-state index in [1.165, 1.54) is 7.11 Å². The van der Waals surface area contributed by atoms with Crippen molar-refractivity contribution in [2.75, 3.05) is 26.9 Å². The van der Waals surface area contributed by atoms with Crippen LogP contribution in [0, 0.1) is 0 Å². The molecular weight excluding hydrogens is 356 g/mol. The first-order valence-electron chi connectivity index (χ1n) is 8.43. The molecule has 6 N–H and O–H groups in total. The molecule has 2 saturated heterocycles. The minimum atomic E-state index is -1.63. The van der Waals surface area contributed by atoms with Gasteiger partial charge in [0, 0.05) is 13.7 Å². The van der Waals surface area contributed by atoms with Crippen LogP contribution in [0.1, 0.15) is 6.92 Å². The van der Waals surface area contributed by atoms with E-state index in [0.29, 0.717) is 6.61 Å². The molecule has 0 saturated carbocycles. The first-order valence-corrected chi connectivity index (χ1v) is 8.43. The van der Waals surface area contributed by atoms with Crippen molar-refractivity contribution in [1.82, 2.24) is 0 Å². The smallest absolute Gasteiger partial charge is 0.187 e. The van der Waals surface area contributed by atoms with Gasteiger partial charge in [-0.3, -0.25) is 0 Å². The number of hydrogen-bond donors (Lipinski definition) is 6. The predicted octanol–water partition coefficient (Wildman–Crippen LogP) is -3.70. The fraction of sp³-hybridized carbons (Fsp3) is 1.00. The van der Waals surface area contributed by atoms with Crippen molar-refractivity contribution in [3.63, 3.8) is 0 Å². The Morgan fingerprint density at radius 3 is 2.00 bits per heavy atom. The SMILES string of the molecule is CCOCC1OC(OC2C(CO)OC(OC)C(O)C2O)C(O)C(O)C1O. The van der Waals surface area contributed by atoms with Crippen molar-refractivity contribution in [3.05, 3.63) is 0 Å². The summed E-state index contributed by atoms with van der Waals surface area (Å²) in [5.74, 6) is 0. The molecule has 0 amide bonds. The van der Waals surface area contributed by atoms with Crippen LogP contribution in [0.25, 0.3) is 0 Å². The summed E-state index contributed by atoms with van der Waals surface area (Å²) in [6, 6.07) is 0. The highest BCUT2D eigenvalue weighted by molar-refractivity contribution is 4.94. The van der Waals surface area contributed by atoms with E-state index < -0.39 is 68.0 Å². The Kier molecular flexibility index (Phi) is 8.12. The molecule has 10 unspecified atom stereocenters. The van der Waals surface area contributed by atoms with E-state index in [-0.39, 0.29) is 6.61 Å². The zero-order valence-corrected chi connectivity index (χ0v) is 14.6. The molecule has 2 fully saturated rings. The van der Waals surface area contributed by atoms with E-state index in [2.05, 4.69) is 0 Å². The van der Waals surface area contributed by atoms with Gasteiger partial charge in [0.25, 0.3) is 0 Å². The number of hydrogen-bond acceptors (Lipinski definition) is 11. The van der Waals surface area contributed by atoms with Crippen LogP contribution in [-0.4, -0.2) is 119 Å². The topological polar surface area (TPSA) is 168 Å². The lowest BCUT2D eigenvalue weighted by Gasteiger charge is -2.45. The lowest BCUT2D eigenvalue weighted by atomic mass is 9.97. The summed E-state index contributed by atoms with van der Waals surface area (Å²) in [5, 5.41) is 59.8. The molecule has 26 heavy (non-hydrogen) atoms. The third-order valence-electron chi connectivity index (χ3n) is 4.50. The van der Waals surface area contributed by atoms with Gasteiger partial charge in [-0.25, -0.2) is 0 Å². The largest absolute Gasteiger partial charge is 0.394 e. The molecule has 0 aromatic carbocycles. The van der Waals surface area contributed by atoms with E-state index in [0.717, 1.165) is 0 Å². The van der Waals surface area contributed by atoms with Crippen LogP contribution in [0.3, 0.4) is 0 Å². The van der Waals surface area contributed by atoms with Crippen LogP contribution < -0.4 is 0 Å². The Labute approximate surface area is 150 Å². The van der Waals surface area contributed by atoms with Crippen LogP contribution >= 0.6 is 0 Å². The maximum Gasteiger partial charge on any atom is 0.187 e. The van der Waals surface area contributed by atoms with E-state index in [4.69, 9.17) is 23.7 Å². The van der Waals surface area contributed by atoms with Gasteiger partial charge in [0.15, 0.2) is 12.6 Å². The summed E-state index contributed by atoms with van der Waals surface area (Å²) >= 11 is 0. The average molecular weight is 384 g/mol. The molecule has 11 heteroatoms. The van der Waals surface area contributed by atoms with Crippen molar-refractivity contribution >= 4 is 0 Å². The minimum Gasteiger partial charge on any atom is -0.394 e. The number of rotatable bonds is 7. The van der Waals surface area contributed by atoms with Crippen molar-refractivity contribution < 1.29 is 54.3 Å². The Morgan fingerprint density at radius 2 is 1.42 bits per heavy atom. The van der Waals surface area contributed by atoms with Gasteiger partial charge in [-0.1, -0.05) is 0 Å². The first-order chi connectivity index (χ1) is 12.3. The summed E-state index contributed by atoms with van der Waals surface area (Å²) in [7, 11) is 1.26. The summed E-state index contributed by atoms with van der Waals surface area (Å²) in [6.07, 6.45) is -13.6. The van der Waals surface area contributed by atoms with Gasteiger partial charge >= 0.3 is 0 Å². The fourth-order valence-corrected chi connectivity index (χ4v) is 2.97. The molecule has 2 aliphatic heterocycles. The van der Waals surface area contributed by atoms with Crippen molar-refractivity contribution in [2.45, 2.75) is 68.3 Å². The van der Waals surface area contributed by atoms with Crippen LogP contribution in [0.5, 0.6) is 0 Å². The monoisotopic (exact) mass is 384 g/mol. The van der Waals surface area contributed by atoms with Gasteiger partial charge in [0.1, 0.15) is 48.8 Å². The zero-order chi connectivity index (χ0) is 19.4. The molecule has 10 atom stereocenters. The molecule has 0 spiro atoms. The Balaban J connectivity index is 2.10. The minimum absolute atomic E-state index is 0.0527. The van der Waals surface area contributed by atoms with Gasteiger partial charge in [-0.05, 0) is 6.92 Å². The fourth-order valence-electron chi connectivity index (χ4n) is 2.97. The van der Waals surface area contributed by atoms with Crippen LogP contribution in [0.15, 0.2) is 0 Å². The third-order valence-corrected chi connectivity index (χ3v) is 4.50. The number of ether oxygens (including phenoxy) is 5. The van der Waals surface area contributed by atoms with Gasteiger partial charge < -0.3 is 54.3 Å². The molecule has 0 radical (unpaired) electrons. The van der Waals surface area contributed by atoms with Crippen molar-refractivity contribution in [3.8, 4) is 0 Å². The molecule has 2 rings (SSSR count).